The molecular weight excluding hydrogens is 419 g/mol. The Morgan fingerprint density at radius 2 is 2.11 bits per heavy atom. The van der Waals surface area contributed by atoms with Gasteiger partial charge in [0, 0.05) is 42.5 Å². The minimum absolute atomic E-state index is 0. The van der Waals surface area contributed by atoms with Crippen molar-refractivity contribution < 1.29 is 9.53 Å². The highest BCUT2D eigenvalue weighted by Gasteiger charge is 2.39. The number of hydrogen-bond donors (Lipinski definition) is 2. The number of carbonyl (C=O) groups is 1. The smallest absolute Gasteiger partial charge is 0.256 e. The quantitative estimate of drug-likeness (QED) is 0.708. The van der Waals surface area contributed by atoms with E-state index in [0.29, 0.717) is 12.0 Å². The first-order chi connectivity index (χ1) is 12.6. The number of aromatic nitrogens is 2. The zero-order valence-corrected chi connectivity index (χ0v) is 18.6. The summed E-state index contributed by atoms with van der Waals surface area (Å²) in [5.74, 6) is 1.25. The molecule has 2 aromatic rings. The molecule has 1 aliphatic carbocycles. The number of hydrogen-bond acceptors (Lipinski definition) is 5. The van der Waals surface area contributed by atoms with E-state index in [0.717, 1.165) is 42.6 Å². The van der Waals surface area contributed by atoms with Crippen LogP contribution in [0.1, 0.15) is 46.1 Å². The summed E-state index contributed by atoms with van der Waals surface area (Å²) in [7, 11) is 1.87. The van der Waals surface area contributed by atoms with E-state index in [1.165, 1.54) is 24.1 Å². The molecule has 3 heterocycles. The zero-order valence-electron chi connectivity index (χ0n) is 16.1. The lowest BCUT2D eigenvalue weighted by molar-refractivity contribution is 0.0662. The molecule has 1 aliphatic heterocycles. The molecule has 0 spiro atoms. The summed E-state index contributed by atoms with van der Waals surface area (Å²) >= 11 is 1.69. The Bertz CT molecular complexity index is 789. The van der Waals surface area contributed by atoms with Gasteiger partial charge >= 0.3 is 0 Å². The Kier molecular flexibility index (Phi) is 8.33. The fourth-order valence-corrected chi connectivity index (χ4v) is 4.55. The van der Waals surface area contributed by atoms with E-state index in [-0.39, 0.29) is 30.7 Å². The Labute approximate surface area is 182 Å². The predicted molar refractivity (Wildman–Crippen MR) is 117 cm³/mol. The third-order valence-corrected chi connectivity index (χ3v) is 6.60. The van der Waals surface area contributed by atoms with Crippen molar-refractivity contribution in [3.8, 4) is 0 Å². The normalized spacial score (nSPS) is 21.5. The van der Waals surface area contributed by atoms with E-state index in [9.17, 15) is 4.79 Å². The SMILES string of the molecule is Cc1c(NC(=O)c2csc([C@@H]3C[C@H]3NCC3CCOCC3)c2)cnn1C.Cl.Cl. The molecule has 2 N–H and O–H groups in total. The summed E-state index contributed by atoms with van der Waals surface area (Å²) < 4.78 is 7.18. The van der Waals surface area contributed by atoms with Crippen LogP contribution in [0.2, 0.25) is 0 Å². The second kappa shape index (κ2) is 10.1. The van der Waals surface area contributed by atoms with Crippen molar-refractivity contribution in [2.24, 2.45) is 13.0 Å². The first-order valence-corrected chi connectivity index (χ1v) is 10.2. The number of rotatable bonds is 6. The second-order valence-electron chi connectivity index (χ2n) is 7.37. The number of aryl methyl sites for hydroxylation is 1. The molecule has 1 amide bonds. The van der Waals surface area contributed by atoms with Gasteiger partial charge in [0.1, 0.15) is 0 Å². The molecule has 0 aromatic carbocycles. The van der Waals surface area contributed by atoms with Crippen LogP contribution >= 0.6 is 36.2 Å². The summed E-state index contributed by atoms with van der Waals surface area (Å²) in [4.78, 5) is 13.8. The number of halogens is 2. The van der Waals surface area contributed by atoms with Gasteiger partial charge in [0.2, 0.25) is 0 Å². The van der Waals surface area contributed by atoms with Gasteiger partial charge in [-0.3, -0.25) is 9.48 Å². The van der Waals surface area contributed by atoms with E-state index < -0.39 is 0 Å². The topological polar surface area (TPSA) is 68.2 Å². The molecule has 4 rings (SSSR count). The van der Waals surface area contributed by atoms with Crippen LogP contribution in [0.4, 0.5) is 5.69 Å². The van der Waals surface area contributed by atoms with Crippen molar-refractivity contribution in [3.63, 3.8) is 0 Å². The second-order valence-corrected chi connectivity index (χ2v) is 8.31. The van der Waals surface area contributed by atoms with Crippen molar-refractivity contribution in [1.82, 2.24) is 15.1 Å². The maximum atomic E-state index is 12.5. The van der Waals surface area contributed by atoms with Gasteiger partial charge in [-0.15, -0.1) is 36.2 Å². The molecular formula is C19H28Cl2N4O2S. The van der Waals surface area contributed by atoms with E-state index in [1.54, 1.807) is 22.2 Å². The molecule has 28 heavy (non-hydrogen) atoms. The van der Waals surface area contributed by atoms with Crippen LogP contribution in [0.3, 0.4) is 0 Å². The first-order valence-electron chi connectivity index (χ1n) is 9.31. The Hall–Kier alpha value is -1.12. The lowest BCUT2D eigenvalue weighted by atomic mass is 10.0. The average molecular weight is 447 g/mol. The maximum Gasteiger partial charge on any atom is 0.256 e. The molecule has 0 unspecified atom stereocenters. The van der Waals surface area contributed by atoms with Crippen molar-refractivity contribution in [2.75, 3.05) is 25.1 Å². The van der Waals surface area contributed by atoms with Crippen molar-refractivity contribution in [2.45, 2.75) is 38.1 Å². The number of carbonyl (C=O) groups excluding carboxylic acids is 1. The molecule has 0 radical (unpaired) electrons. The number of nitrogens with one attached hydrogen (secondary N) is 2. The summed E-state index contributed by atoms with van der Waals surface area (Å²) in [6.45, 7) is 4.84. The zero-order chi connectivity index (χ0) is 18.1. The third kappa shape index (κ3) is 5.27. The van der Waals surface area contributed by atoms with Gasteiger partial charge in [-0.1, -0.05) is 0 Å². The van der Waals surface area contributed by atoms with Gasteiger partial charge in [-0.05, 0) is 44.7 Å². The molecule has 156 valence electrons. The van der Waals surface area contributed by atoms with E-state index in [1.807, 2.05) is 25.4 Å². The van der Waals surface area contributed by atoms with Gasteiger partial charge in [0.25, 0.3) is 5.91 Å². The van der Waals surface area contributed by atoms with Gasteiger partial charge < -0.3 is 15.4 Å². The van der Waals surface area contributed by atoms with Crippen molar-refractivity contribution in [3.05, 3.63) is 33.8 Å². The fourth-order valence-electron chi connectivity index (χ4n) is 3.49. The average Bonchev–Trinajstić information content (AvgIpc) is 3.14. The minimum atomic E-state index is -0.0593. The largest absolute Gasteiger partial charge is 0.381 e. The van der Waals surface area contributed by atoms with Crippen LogP contribution < -0.4 is 10.6 Å². The number of thiophene rings is 1. The number of ether oxygens (including phenoxy) is 1. The molecule has 6 nitrogen and oxygen atoms in total. The lowest BCUT2D eigenvalue weighted by Crippen LogP contribution is -2.29. The number of anilines is 1. The Morgan fingerprint density at radius 1 is 1.36 bits per heavy atom. The predicted octanol–water partition coefficient (Wildman–Crippen LogP) is 3.76. The molecule has 2 aromatic heterocycles. The molecule has 2 atom stereocenters. The van der Waals surface area contributed by atoms with E-state index in [2.05, 4.69) is 15.7 Å². The van der Waals surface area contributed by atoms with Crippen LogP contribution in [-0.4, -0.2) is 41.5 Å². The highest BCUT2D eigenvalue weighted by atomic mass is 35.5. The van der Waals surface area contributed by atoms with E-state index >= 15 is 0 Å². The molecule has 0 bridgehead atoms. The van der Waals surface area contributed by atoms with Gasteiger partial charge in [-0.25, -0.2) is 0 Å². The Morgan fingerprint density at radius 3 is 2.79 bits per heavy atom. The summed E-state index contributed by atoms with van der Waals surface area (Å²) in [5.41, 5.74) is 2.46. The molecule has 2 aliphatic rings. The summed E-state index contributed by atoms with van der Waals surface area (Å²) in [5, 5.41) is 12.8. The van der Waals surface area contributed by atoms with Crippen LogP contribution in [0.25, 0.3) is 0 Å². The molecule has 2 fully saturated rings. The summed E-state index contributed by atoms with van der Waals surface area (Å²) in [6, 6.07) is 2.61. The lowest BCUT2D eigenvalue weighted by Gasteiger charge is -2.22. The number of amides is 1. The Balaban J connectivity index is 0.00000140. The maximum absolute atomic E-state index is 12.5. The van der Waals surface area contributed by atoms with E-state index in [4.69, 9.17) is 4.74 Å². The first kappa shape index (κ1) is 23.2. The van der Waals surface area contributed by atoms with Crippen LogP contribution in [0, 0.1) is 12.8 Å². The monoisotopic (exact) mass is 446 g/mol. The molecule has 1 saturated heterocycles. The van der Waals surface area contributed by atoms with Crippen molar-refractivity contribution in [1.29, 1.82) is 0 Å². The molecule has 1 saturated carbocycles. The molecule has 9 heteroatoms. The summed E-state index contributed by atoms with van der Waals surface area (Å²) in [6.07, 6.45) is 5.20. The van der Waals surface area contributed by atoms with Crippen LogP contribution in [0.15, 0.2) is 17.6 Å². The fraction of sp³-hybridized carbons (Fsp3) is 0.579. The van der Waals surface area contributed by atoms with Crippen LogP contribution in [-0.2, 0) is 11.8 Å². The van der Waals surface area contributed by atoms with Crippen LogP contribution in [0.5, 0.6) is 0 Å². The van der Waals surface area contributed by atoms with Crippen molar-refractivity contribution >= 4 is 47.7 Å². The highest BCUT2D eigenvalue weighted by Crippen LogP contribution is 2.43. The van der Waals surface area contributed by atoms with Gasteiger partial charge in [0.05, 0.1) is 23.1 Å². The van der Waals surface area contributed by atoms with Gasteiger partial charge in [-0.2, -0.15) is 5.10 Å². The standard InChI is InChI=1S/C19H26N4O2S.2ClH/c1-12-17(10-21-23(12)2)22-19(24)14-7-18(26-11-14)15-8-16(15)20-9-13-3-5-25-6-4-13;;/h7,10-11,13,15-16,20H,3-6,8-9H2,1-2H3,(H,22,24);2*1H/t15-,16-;;/m1../s1. The number of nitrogens with zero attached hydrogens (tertiary/aromatic N) is 2. The highest BCUT2D eigenvalue weighted by molar-refractivity contribution is 7.10. The third-order valence-electron chi connectivity index (χ3n) is 5.53. The minimum Gasteiger partial charge on any atom is -0.381 e. The van der Waals surface area contributed by atoms with Gasteiger partial charge in [0.15, 0.2) is 0 Å².